The van der Waals surface area contributed by atoms with Gasteiger partial charge in [0.05, 0.1) is 18.0 Å². The Kier molecular flexibility index (Phi) is 2.79. The summed E-state index contributed by atoms with van der Waals surface area (Å²) in [6.45, 7) is 4.00. The van der Waals surface area contributed by atoms with Crippen molar-refractivity contribution in [3.63, 3.8) is 0 Å². The highest BCUT2D eigenvalue weighted by Gasteiger charge is 2.47. The number of hydrogen-bond acceptors (Lipinski definition) is 4. The second-order valence-corrected chi connectivity index (χ2v) is 5.01. The highest BCUT2D eigenvalue weighted by Crippen LogP contribution is 2.42. The van der Waals surface area contributed by atoms with Crippen LogP contribution in [0.3, 0.4) is 0 Å². The van der Waals surface area contributed by atoms with E-state index in [1.54, 1.807) is 6.07 Å². The number of hydrogen-bond donors (Lipinski definition) is 3. The number of aliphatic hydroxyl groups is 1. The van der Waals surface area contributed by atoms with E-state index in [0.717, 1.165) is 5.69 Å². The number of carboxylic acids is 1. The summed E-state index contributed by atoms with van der Waals surface area (Å²) in [5.74, 6) is -1.03. The Hall–Kier alpha value is -1.62. The highest BCUT2D eigenvalue weighted by atomic mass is 16.4. The Morgan fingerprint density at radius 1 is 1.53 bits per heavy atom. The van der Waals surface area contributed by atoms with Crippen LogP contribution in [0.1, 0.15) is 30.8 Å². The van der Waals surface area contributed by atoms with Crippen LogP contribution in [0.5, 0.6) is 0 Å². The van der Waals surface area contributed by atoms with Gasteiger partial charge in [-0.15, -0.1) is 0 Å². The van der Waals surface area contributed by atoms with E-state index < -0.39 is 5.97 Å². The molecule has 0 amide bonds. The lowest BCUT2D eigenvalue weighted by atomic mass is 9.64. The van der Waals surface area contributed by atoms with E-state index >= 15 is 0 Å². The summed E-state index contributed by atoms with van der Waals surface area (Å²) in [7, 11) is 0. The fraction of sp³-hybridized carbons (Fsp3) is 0.500. The fourth-order valence-corrected chi connectivity index (χ4v) is 1.95. The van der Waals surface area contributed by atoms with E-state index in [9.17, 15) is 9.90 Å². The van der Waals surface area contributed by atoms with Gasteiger partial charge in [-0.25, -0.2) is 9.78 Å². The average Bonchev–Trinajstić information content (AvgIpc) is 2.29. The van der Waals surface area contributed by atoms with Crippen molar-refractivity contribution in [2.45, 2.75) is 32.4 Å². The number of pyridine rings is 1. The topological polar surface area (TPSA) is 82.5 Å². The summed E-state index contributed by atoms with van der Waals surface area (Å²) in [5, 5.41) is 21.6. The molecule has 92 valence electrons. The average molecular weight is 236 g/mol. The fourth-order valence-electron chi connectivity index (χ4n) is 1.95. The van der Waals surface area contributed by atoms with Crippen molar-refractivity contribution < 1.29 is 15.0 Å². The molecular formula is C12H16N2O3. The summed E-state index contributed by atoms with van der Waals surface area (Å²) in [5.41, 5.74) is 0.647. The maximum absolute atomic E-state index is 10.6. The molecule has 1 aromatic rings. The van der Waals surface area contributed by atoms with Crippen LogP contribution < -0.4 is 5.32 Å². The van der Waals surface area contributed by atoms with Gasteiger partial charge in [-0.05, 0) is 18.6 Å². The van der Waals surface area contributed by atoms with Gasteiger partial charge >= 0.3 is 5.97 Å². The molecule has 1 aliphatic rings. The standard InChI is InChI=1S/C12H16N2O3/c1-12(2)9(5-10(12)15)14-7-3-4-8(11(16)17)13-6-7/h3-4,6,9-10,14-15H,5H2,1-2H3,(H,16,17). The van der Waals surface area contributed by atoms with Crippen molar-refractivity contribution in [3.05, 3.63) is 24.0 Å². The predicted octanol–water partition coefficient (Wildman–Crippen LogP) is 1.35. The van der Waals surface area contributed by atoms with Crippen molar-refractivity contribution in [3.8, 4) is 0 Å². The molecule has 0 aliphatic heterocycles. The van der Waals surface area contributed by atoms with Crippen LogP contribution in [0.15, 0.2) is 18.3 Å². The zero-order valence-corrected chi connectivity index (χ0v) is 9.84. The van der Waals surface area contributed by atoms with Crippen LogP contribution in [0, 0.1) is 5.41 Å². The number of nitrogens with zero attached hydrogens (tertiary/aromatic N) is 1. The van der Waals surface area contributed by atoms with Gasteiger partial charge in [0, 0.05) is 11.5 Å². The minimum atomic E-state index is -1.03. The van der Waals surface area contributed by atoms with Crippen LogP contribution in [-0.2, 0) is 0 Å². The first-order valence-corrected chi connectivity index (χ1v) is 5.55. The zero-order chi connectivity index (χ0) is 12.6. The first-order valence-electron chi connectivity index (χ1n) is 5.55. The predicted molar refractivity (Wildman–Crippen MR) is 63.0 cm³/mol. The third kappa shape index (κ3) is 2.10. The molecule has 5 heteroatoms. The number of aliphatic hydroxyl groups excluding tert-OH is 1. The molecule has 1 fully saturated rings. The normalized spacial score (nSPS) is 26.1. The number of aromatic nitrogens is 1. The van der Waals surface area contributed by atoms with E-state index in [0.29, 0.717) is 6.42 Å². The molecule has 0 radical (unpaired) electrons. The first kappa shape index (κ1) is 11.9. The molecule has 2 rings (SSSR count). The summed E-state index contributed by atoms with van der Waals surface area (Å²) < 4.78 is 0. The van der Waals surface area contributed by atoms with Gasteiger partial charge in [-0.1, -0.05) is 13.8 Å². The molecule has 0 spiro atoms. The van der Waals surface area contributed by atoms with Gasteiger partial charge < -0.3 is 15.5 Å². The second-order valence-electron chi connectivity index (χ2n) is 5.01. The van der Waals surface area contributed by atoms with Crippen molar-refractivity contribution >= 4 is 11.7 Å². The van der Waals surface area contributed by atoms with Gasteiger partial charge in [-0.2, -0.15) is 0 Å². The third-order valence-electron chi connectivity index (χ3n) is 3.54. The van der Waals surface area contributed by atoms with E-state index in [1.165, 1.54) is 12.3 Å². The van der Waals surface area contributed by atoms with Crippen molar-refractivity contribution in [1.29, 1.82) is 0 Å². The molecule has 1 aromatic heterocycles. The largest absolute Gasteiger partial charge is 0.477 e. The molecule has 2 unspecified atom stereocenters. The van der Waals surface area contributed by atoms with E-state index in [1.807, 2.05) is 13.8 Å². The van der Waals surface area contributed by atoms with Crippen molar-refractivity contribution in [2.75, 3.05) is 5.32 Å². The van der Waals surface area contributed by atoms with Crippen LogP contribution >= 0.6 is 0 Å². The molecule has 17 heavy (non-hydrogen) atoms. The van der Waals surface area contributed by atoms with E-state index in [-0.39, 0.29) is 23.3 Å². The zero-order valence-electron chi connectivity index (χ0n) is 9.84. The molecule has 1 heterocycles. The van der Waals surface area contributed by atoms with Crippen molar-refractivity contribution in [2.24, 2.45) is 5.41 Å². The maximum Gasteiger partial charge on any atom is 0.354 e. The van der Waals surface area contributed by atoms with Gasteiger partial charge in [0.2, 0.25) is 0 Å². The molecule has 5 nitrogen and oxygen atoms in total. The summed E-state index contributed by atoms with van der Waals surface area (Å²) in [6.07, 6.45) is 1.92. The first-order chi connectivity index (χ1) is 7.91. The Morgan fingerprint density at radius 3 is 2.65 bits per heavy atom. The monoisotopic (exact) mass is 236 g/mol. The van der Waals surface area contributed by atoms with E-state index in [4.69, 9.17) is 5.11 Å². The Morgan fingerprint density at radius 2 is 2.24 bits per heavy atom. The van der Waals surface area contributed by atoms with Crippen LogP contribution in [0.25, 0.3) is 0 Å². The van der Waals surface area contributed by atoms with Crippen molar-refractivity contribution in [1.82, 2.24) is 4.98 Å². The number of anilines is 1. The Bertz CT molecular complexity index is 428. The molecular weight excluding hydrogens is 220 g/mol. The Balaban J connectivity index is 2.03. The maximum atomic E-state index is 10.6. The number of aromatic carboxylic acids is 1. The van der Waals surface area contributed by atoms with Crippen LogP contribution in [-0.4, -0.2) is 33.3 Å². The van der Waals surface area contributed by atoms with E-state index in [2.05, 4.69) is 10.3 Å². The number of carboxylic acid groups (broad SMARTS) is 1. The second kappa shape index (κ2) is 4.00. The molecule has 2 atom stereocenters. The van der Waals surface area contributed by atoms with Crippen LogP contribution in [0.4, 0.5) is 5.69 Å². The summed E-state index contributed by atoms with van der Waals surface area (Å²) >= 11 is 0. The Labute approximate surface area is 99.5 Å². The number of carbonyl (C=O) groups is 1. The molecule has 1 saturated carbocycles. The SMILES string of the molecule is CC1(C)C(O)CC1Nc1ccc(C(=O)O)nc1. The van der Waals surface area contributed by atoms with Gasteiger partial charge in [0.25, 0.3) is 0 Å². The lowest BCUT2D eigenvalue weighted by Crippen LogP contribution is -2.56. The van der Waals surface area contributed by atoms with Gasteiger partial charge in [0.1, 0.15) is 5.69 Å². The van der Waals surface area contributed by atoms with Crippen LogP contribution in [0.2, 0.25) is 0 Å². The summed E-state index contributed by atoms with van der Waals surface area (Å²) in [6, 6.07) is 3.35. The lowest BCUT2D eigenvalue weighted by Gasteiger charge is -2.49. The summed E-state index contributed by atoms with van der Waals surface area (Å²) in [4.78, 5) is 14.5. The lowest BCUT2D eigenvalue weighted by molar-refractivity contribution is -0.0510. The van der Waals surface area contributed by atoms with Gasteiger partial charge in [0.15, 0.2) is 0 Å². The molecule has 0 saturated heterocycles. The third-order valence-corrected chi connectivity index (χ3v) is 3.54. The molecule has 0 aromatic carbocycles. The minimum absolute atomic E-state index is 0.0310. The molecule has 3 N–H and O–H groups in total. The van der Waals surface area contributed by atoms with Gasteiger partial charge in [-0.3, -0.25) is 0 Å². The molecule has 0 bridgehead atoms. The molecule has 1 aliphatic carbocycles. The quantitative estimate of drug-likeness (QED) is 0.738. The minimum Gasteiger partial charge on any atom is -0.477 e. The number of nitrogens with one attached hydrogen (secondary N) is 1. The smallest absolute Gasteiger partial charge is 0.354 e. The highest BCUT2D eigenvalue weighted by molar-refractivity contribution is 5.85. The number of rotatable bonds is 3.